The summed E-state index contributed by atoms with van der Waals surface area (Å²) in [4.78, 5) is 16.6. The quantitative estimate of drug-likeness (QED) is 0.379. The van der Waals surface area contributed by atoms with E-state index >= 15 is 0 Å². The van der Waals surface area contributed by atoms with Crippen LogP contribution in [0.3, 0.4) is 0 Å². The number of nitrogens with one attached hydrogen (secondary N) is 1. The number of hydrogen-bond donors (Lipinski definition) is 1. The second kappa shape index (κ2) is 10.8. The van der Waals surface area contributed by atoms with E-state index in [-0.39, 0.29) is 35.5 Å². The van der Waals surface area contributed by atoms with Gasteiger partial charge in [0.2, 0.25) is 0 Å². The molecule has 3 aromatic carbocycles. The first kappa shape index (κ1) is 25.8. The molecule has 1 atom stereocenters. The van der Waals surface area contributed by atoms with Crippen molar-refractivity contribution in [3.8, 4) is 17.3 Å². The van der Waals surface area contributed by atoms with Crippen molar-refractivity contribution >= 4 is 40.7 Å². The number of urea groups is 1. The molecule has 1 saturated heterocycles. The molecule has 0 spiro atoms. The Hall–Kier alpha value is -4.29. The minimum atomic E-state index is -0.656. The molecule has 37 heavy (non-hydrogen) atoms. The van der Waals surface area contributed by atoms with E-state index in [1.54, 1.807) is 17.0 Å². The third-order valence-corrected chi connectivity index (χ3v) is 6.31. The van der Waals surface area contributed by atoms with Crippen molar-refractivity contribution in [2.24, 2.45) is 0 Å². The van der Waals surface area contributed by atoms with Crippen molar-refractivity contribution in [3.63, 3.8) is 0 Å². The van der Waals surface area contributed by atoms with Crippen LogP contribution in [0.5, 0.6) is 0 Å². The van der Waals surface area contributed by atoms with E-state index in [1.165, 1.54) is 24.3 Å². The van der Waals surface area contributed by atoms with E-state index in [4.69, 9.17) is 5.26 Å². The first-order valence-corrected chi connectivity index (χ1v) is 11.5. The number of nitrogens with zero attached hydrogens (tertiary/aromatic N) is 5. The largest absolute Gasteiger partial charge is 0.351 e. The predicted octanol–water partition coefficient (Wildman–Crippen LogP) is 5.61. The topological polar surface area (TPSA) is 85.2 Å². The number of rotatable bonds is 3. The third kappa shape index (κ3) is 5.15. The van der Waals surface area contributed by atoms with Crippen LogP contribution in [-0.2, 0) is 0 Å². The zero-order valence-corrected chi connectivity index (χ0v) is 20.7. The van der Waals surface area contributed by atoms with Crippen molar-refractivity contribution in [2.75, 3.05) is 29.9 Å². The minimum Gasteiger partial charge on any atom is -0.351 e. The van der Waals surface area contributed by atoms with Gasteiger partial charge >= 0.3 is 6.03 Å². The van der Waals surface area contributed by atoms with Crippen LogP contribution in [0.25, 0.3) is 22.0 Å². The van der Waals surface area contributed by atoms with Gasteiger partial charge in [-0.25, -0.2) is 13.6 Å². The highest BCUT2D eigenvalue weighted by atomic mass is 35.5. The average molecular weight is 521 g/mol. The van der Waals surface area contributed by atoms with Crippen molar-refractivity contribution < 1.29 is 13.6 Å². The molecule has 10 heteroatoms. The highest BCUT2D eigenvalue weighted by Gasteiger charge is 2.30. The monoisotopic (exact) mass is 520 g/mol. The molecule has 5 rings (SSSR count). The van der Waals surface area contributed by atoms with Gasteiger partial charge in [0, 0.05) is 42.0 Å². The van der Waals surface area contributed by atoms with Gasteiger partial charge < -0.3 is 15.1 Å². The average Bonchev–Trinajstić information content (AvgIpc) is 2.89. The minimum absolute atomic E-state index is 0. The number of carbonyl (C=O) groups excluding carboxylic acids is 1. The molecular formula is C27H23ClF2N6O. The summed E-state index contributed by atoms with van der Waals surface area (Å²) in [6.07, 6.45) is 0. The van der Waals surface area contributed by atoms with Crippen LogP contribution in [0, 0.1) is 23.0 Å². The lowest BCUT2D eigenvalue weighted by Gasteiger charge is -2.40. The molecule has 1 aliphatic heterocycles. The highest BCUT2D eigenvalue weighted by molar-refractivity contribution is 6.00. The molecule has 0 radical (unpaired) electrons. The summed E-state index contributed by atoms with van der Waals surface area (Å²) in [7, 11) is 0. The number of carbonyl (C=O) groups is 1. The number of halogens is 3. The summed E-state index contributed by atoms with van der Waals surface area (Å²) in [6, 6.07) is 19.2. The molecule has 188 valence electrons. The highest BCUT2D eigenvalue weighted by Crippen LogP contribution is 2.32. The summed E-state index contributed by atoms with van der Waals surface area (Å²) in [6.45, 7) is 3.35. The second-order valence-electron chi connectivity index (χ2n) is 8.65. The predicted molar refractivity (Wildman–Crippen MR) is 141 cm³/mol. The van der Waals surface area contributed by atoms with Gasteiger partial charge in [-0.15, -0.1) is 22.6 Å². The smallest absolute Gasteiger partial charge is 0.322 e. The van der Waals surface area contributed by atoms with Crippen LogP contribution in [-0.4, -0.2) is 46.8 Å². The molecule has 2 heterocycles. The van der Waals surface area contributed by atoms with Gasteiger partial charge in [-0.2, -0.15) is 5.26 Å². The Morgan fingerprint density at radius 1 is 1.03 bits per heavy atom. The van der Waals surface area contributed by atoms with Crippen LogP contribution < -0.4 is 10.2 Å². The van der Waals surface area contributed by atoms with Gasteiger partial charge in [0.15, 0.2) is 5.82 Å². The number of aromatic nitrogens is 2. The van der Waals surface area contributed by atoms with Gasteiger partial charge in [0.25, 0.3) is 0 Å². The van der Waals surface area contributed by atoms with Crippen molar-refractivity contribution in [1.29, 1.82) is 5.26 Å². The maximum absolute atomic E-state index is 14.2. The summed E-state index contributed by atoms with van der Waals surface area (Å²) >= 11 is 0. The first-order chi connectivity index (χ1) is 17.4. The number of nitriles is 1. The van der Waals surface area contributed by atoms with Gasteiger partial charge in [0.1, 0.15) is 17.3 Å². The molecule has 0 aliphatic carbocycles. The van der Waals surface area contributed by atoms with Gasteiger partial charge in [-0.05, 0) is 49.4 Å². The molecule has 1 aromatic heterocycles. The lowest BCUT2D eigenvalue weighted by molar-refractivity contribution is 0.184. The first-order valence-electron chi connectivity index (χ1n) is 11.5. The number of fused-ring (bicyclic) bond motifs is 1. The van der Waals surface area contributed by atoms with Crippen LogP contribution in [0.15, 0.2) is 66.7 Å². The van der Waals surface area contributed by atoms with Crippen molar-refractivity contribution in [2.45, 2.75) is 13.0 Å². The molecule has 0 bridgehead atoms. The van der Waals surface area contributed by atoms with E-state index < -0.39 is 11.8 Å². The SMILES string of the molecule is CC1CN(c2nnc(-c3ccc(F)cc3)c3ccccc23)CCN1C(=O)Nc1ccc(C#N)cc1F.Cl. The van der Waals surface area contributed by atoms with Crippen LogP contribution in [0.4, 0.5) is 25.1 Å². The molecule has 1 aliphatic rings. The lowest BCUT2D eigenvalue weighted by atomic mass is 10.0. The zero-order chi connectivity index (χ0) is 25.2. The summed E-state index contributed by atoms with van der Waals surface area (Å²) < 4.78 is 27.7. The maximum atomic E-state index is 14.2. The molecule has 1 unspecified atom stereocenters. The number of benzene rings is 3. The Morgan fingerprint density at radius 2 is 1.76 bits per heavy atom. The molecule has 7 nitrogen and oxygen atoms in total. The standard InChI is InChI=1S/C27H22F2N6O.ClH/c1-17-16-34(12-13-35(17)27(36)31-24-11-6-18(15-30)14-23(24)29)26-22-5-3-2-4-21(22)25(32-33-26)19-7-9-20(28)10-8-19;/h2-11,14,17H,12-13,16H2,1H3,(H,31,36);1H. The molecule has 4 aromatic rings. The Labute approximate surface area is 218 Å². The number of anilines is 2. The Bertz CT molecular complexity index is 1490. The van der Waals surface area contributed by atoms with Gasteiger partial charge in [-0.3, -0.25) is 0 Å². The molecule has 1 N–H and O–H groups in total. The fourth-order valence-electron chi connectivity index (χ4n) is 4.47. The number of amides is 2. The third-order valence-electron chi connectivity index (χ3n) is 6.31. The van der Waals surface area contributed by atoms with E-state index in [1.807, 2.05) is 37.3 Å². The maximum Gasteiger partial charge on any atom is 0.322 e. The Morgan fingerprint density at radius 3 is 2.43 bits per heavy atom. The lowest BCUT2D eigenvalue weighted by Crippen LogP contribution is -2.55. The summed E-state index contributed by atoms with van der Waals surface area (Å²) in [5.74, 6) is -0.261. The normalized spacial score (nSPS) is 15.1. The van der Waals surface area contributed by atoms with Crippen LogP contribution in [0.2, 0.25) is 0 Å². The molecular weight excluding hydrogens is 498 g/mol. The van der Waals surface area contributed by atoms with Crippen LogP contribution >= 0.6 is 12.4 Å². The fraction of sp³-hybridized carbons (Fsp3) is 0.185. The Kier molecular flexibility index (Phi) is 7.50. The van der Waals surface area contributed by atoms with Crippen molar-refractivity contribution in [3.05, 3.63) is 83.9 Å². The van der Waals surface area contributed by atoms with E-state index in [0.29, 0.717) is 31.1 Å². The molecule has 2 amide bonds. The van der Waals surface area contributed by atoms with E-state index in [2.05, 4.69) is 20.4 Å². The Balaban J connectivity index is 0.00000320. The van der Waals surface area contributed by atoms with E-state index in [9.17, 15) is 13.6 Å². The number of piperazine rings is 1. The molecule has 1 fully saturated rings. The van der Waals surface area contributed by atoms with Gasteiger partial charge in [0.05, 0.1) is 17.3 Å². The van der Waals surface area contributed by atoms with E-state index in [0.717, 1.165) is 22.4 Å². The number of hydrogen-bond acceptors (Lipinski definition) is 5. The fourth-order valence-corrected chi connectivity index (χ4v) is 4.47. The van der Waals surface area contributed by atoms with Crippen molar-refractivity contribution in [1.82, 2.24) is 15.1 Å². The summed E-state index contributed by atoms with van der Waals surface area (Å²) in [5, 5.41) is 22.3. The van der Waals surface area contributed by atoms with Crippen LogP contribution in [0.1, 0.15) is 12.5 Å². The zero-order valence-electron chi connectivity index (χ0n) is 19.9. The molecule has 0 saturated carbocycles. The second-order valence-corrected chi connectivity index (χ2v) is 8.65. The van der Waals surface area contributed by atoms with Gasteiger partial charge in [-0.1, -0.05) is 24.3 Å². The summed E-state index contributed by atoms with van der Waals surface area (Å²) in [5.41, 5.74) is 1.66.